The molecule has 0 atom stereocenters. The second-order valence-electron chi connectivity index (χ2n) is 2.51. The van der Waals surface area contributed by atoms with Gasteiger partial charge in [-0.2, -0.15) is 36.9 Å². The molecule has 0 saturated carbocycles. The molecule has 9 heteroatoms. The normalized spacial score (nSPS) is 9.74. The Morgan fingerprint density at radius 1 is 0.789 bits per heavy atom. The van der Waals surface area contributed by atoms with Gasteiger partial charge >= 0.3 is 12.4 Å². The number of halogens is 7. The lowest BCUT2D eigenvalue weighted by Gasteiger charge is -1.84. The Morgan fingerprint density at radius 2 is 1.05 bits per heavy atom. The number of alkyl halides is 6. The van der Waals surface area contributed by atoms with E-state index in [1.807, 2.05) is 18.2 Å². The minimum Gasteiger partial charge on any atom is -0.188 e. The predicted octanol–water partition coefficient (Wildman–Crippen LogP) is 4.44. The molecule has 0 aromatic heterocycles. The van der Waals surface area contributed by atoms with Crippen LogP contribution in [0.4, 0.5) is 26.3 Å². The van der Waals surface area contributed by atoms with E-state index in [1.54, 1.807) is 0 Å². The first-order valence-electron chi connectivity index (χ1n) is 4.18. The maximum absolute atomic E-state index is 10.4. The van der Waals surface area contributed by atoms with Crippen molar-refractivity contribution in [2.75, 3.05) is 0 Å². The fourth-order valence-corrected chi connectivity index (χ4v) is 0.830. The molecule has 0 saturated heterocycles. The molecular weight excluding hydrogens is 389 g/mol. The van der Waals surface area contributed by atoms with Gasteiger partial charge in [-0.1, -0.05) is 18.2 Å². The second kappa shape index (κ2) is 9.44. The lowest BCUT2D eigenvalue weighted by molar-refractivity contribution is -0.0726. The molecule has 0 fully saturated rings. The number of nitrogens with zero attached hydrogens (tertiary/aromatic N) is 2. The molecule has 2 nitrogen and oxygen atoms in total. The van der Waals surface area contributed by atoms with Crippen molar-refractivity contribution in [3.05, 3.63) is 33.9 Å². The third kappa shape index (κ3) is 22.2. The SMILES string of the molecule is Ic1ccccc1.N#CC(F)(F)F.N#CC(F)(F)F. The van der Waals surface area contributed by atoms with Crippen LogP contribution >= 0.6 is 22.6 Å². The van der Waals surface area contributed by atoms with E-state index in [0.717, 1.165) is 0 Å². The van der Waals surface area contributed by atoms with Gasteiger partial charge in [0.1, 0.15) is 0 Å². The topological polar surface area (TPSA) is 47.6 Å². The summed E-state index contributed by atoms with van der Waals surface area (Å²) in [5.74, 6) is 0. The molecule has 0 heterocycles. The van der Waals surface area contributed by atoms with E-state index >= 15 is 0 Å². The summed E-state index contributed by atoms with van der Waals surface area (Å²) in [6, 6.07) is 10.4. The van der Waals surface area contributed by atoms with Crippen LogP contribution in [-0.4, -0.2) is 12.4 Å². The average Bonchev–Trinajstić information content (AvgIpc) is 2.30. The van der Waals surface area contributed by atoms with E-state index in [0.29, 0.717) is 0 Å². The lowest BCUT2D eigenvalue weighted by Crippen LogP contribution is -1.99. The summed E-state index contributed by atoms with van der Waals surface area (Å²) >= 11 is 2.28. The van der Waals surface area contributed by atoms with Crippen molar-refractivity contribution in [3.8, 4) is 12.1 Å². The monoisotopic (exact) mass is 394 g/mol. The Hall–Kier alpha value is -1.49. The number of hydrogen-bond acceptors (Lipinski definition) is 2. The van der Waals surface area contributed by atoms with Gasteiger partial charge in [0, 0.05) is 3.57 Å². The minimum atomic E-state index is -4.65. The molecule has 1 aromatic rings. The summed E-state index contributed by atoms with van der Waals surface area (Å²) in [5, 5.41) is 14.1. The van der Waals surface area contributed by atoms with Gasteiger partial charge in [-0.25, -0.2) is 0 Å². The molecule has 0 aliphatic carbocycles. The highest BCUT2D eigenvalue weighted by Crippen LogP contribution is 2.11. The van der Waals surface area contributed by atoms with Gasteiger partial charge in [0.05, 0.1) is 0 Å². The van der Waals surface area contributed by atoms with Crippen LogP contribution in [0, 0.1) is 26.2 Å². The summed E-state index contributed by atoms with van der Waals surface area (Å²) in [5.41, 5.74) is 0. The average molecular weight is 394 g/mol. The quantitative estimate of drug-likeness (QED) is 0.483. The molecule has 0 unspecified atom stereocenters. The van der Waals surface area contributed by atoms with E-state index in [1.165, 1.54) is 3.57 Å². The molecule has 0 spiro atoms. The maximum atomic E-state index is 10.4. The van der Waals surface area contributed by atoms with Crippen LogP contribution in [0.2, 0.25) is 0 Å². The third-order valence-electron chi connectivity index (χ3n) is 0.987. The first kappa shape index (κ1) is 19.8. The van der Waals surface area contributed by atoms with Gasteiger partial charge in [-0.3, -0.25) is 0 Å². The zero-order valence-electron chi connectivity index (χ0n) is 8.93. The van der Waals surface area contributed by atoms with E-state index in [-0.39, 0.29) is 12.1 Å². The van der Waals surface area contributed by atoms with E-state index in [4.69, 9.17) is 10.5 Å². The van der Waals surface area contributed by atoms with E-state index < -0.39 is 12.4 Å². The van der Waals surface area contributed by atoms with Crippen LogP contribution < -0.4 is 0 Å². The van der Waals surface area contributed by atoms with Gasteiger partial charge in [0.25, 0.3) is 0 Å². The van der Waals surface area contributed by atoms with Crippen LogP contribution in [0.5, 0.6) is 0 Å². The fourth-order valence-electron chi connectivity index (χ4n) is 0.415. The highest BCUT2D eigenvalue weighted by atomic mass is 127. The highest BCUT2D eigenvalue weighted by molar-refractivity contribution is 14.1. The summed E-state index contributed by atoms with van der Waals surface area (Å²) in [6.07, 6.45) is -9.31. The summed E-state index contributed by atoms with van der Waals surface area (Å²) in [6.45, 7) is 0. The van der Waals surface area contributed by atoms with Crippen LogP contribution in [0.15, 0.2) is 30.3 Å². The molecule has 0 N–H and O–H groups in total. The fraction of sp³-hybridized carbons (Fsp3) is 0.200. The molecule has 0 aliphatic rings. The smallest absolute Gasteiger partial charge is 0.188 e. The zero-order valence-corrected chi connectivity index (χ0v) is 11.1. The second-order valence-corrected chi connectivity index (χ2v) is 3.76. The number of hydrogen-bond donors (Lipinski definition) is 0. The molecule has 19 heavy (non-hydrogen) atoms. The highest BCUT2D eigenvalue weighted by Gasteiger charge is 2.25. The third-order valence-corrected chi connectivity index (χ3v) is 1.71. The predicted molar refractivity (Wildman–Crippen MR) is 62.5 cm³/mol. The lowest BCUT2D eigenvalue weighted by atomic mass is 10.4. The molecule has 1 rings (SSSR count). The van der Waals surface area contributed by atoms with Crippen LogP contribution in [-0.2, 0) is 0 Å². The van der Waals surface area contributed by atoms with Crippen LogP contribution in [0.3, 0.4) is 0 Å². The number of nitriles is 2. The molecule has 0 radical (unpaired) electrons. The van der Waals surface area contributed by atoms with Gasteiger partial charge in [0.15, 0.2) is 12.1 Å². The molecule has 0 aliphatic heterocycles. The summed E-state index contributed by atoms with van der Waals surface area (Å²) in [7, 11) is 0. The molecule has 1 aromatic carbocycles. The van der Waals surface area contributed by atoms with Crippen molar-refractivity contribution in [3.63, 3.8) is 0 Å². The van der Waals surface area contributed by atoms with Crippen LogP contribution in [0.1, 0.15) is 0 Å². The summed E-state index contributed by atoms with van der Waals surface area (Å²) in [4.78, 5) is 0. The van der Waals surface area contributed by atoms with Crippen molar-refractivity contribution < 1.29 is 26.3 Å². The Bertz CT molecular complexity index is 403. The Labute approximate surface area is 118 Å². The van der Waals surface area contributed by atoms with Crippen molar-refractivity contribution >= 4 is 22.6 Å². The summed E-state index contributed by atoms with van der Waals surface area (Å²) < 4.78 is 63.8. The van der Waals surface area contributed by atoms with Gasteiger partial charge in [-0.15, -0.1) is 0 Å². The van der Waals surface area contributed by atoms with Gasteiger partial charge in [-0.05, 0) is 34.7 Å². The van der Waals surface area contributed by atoms with Crippen molar-refractivity contribution in [1.82, 2.24) is 0 Å². The molecular formula is C10H5F6IN2. The Morgan fingerprint density at radius 3 is 1.16 bits per heavy atom. The van der Waals surface area contributed by atoms with Crippen LogP contribution in [0.25, 0.3) is 0 Å². The number of benzene rings is 1. The van der Waals surface area contributed by atoms with E-state index in [2.05, 4.69) is 34.7 Å². The maximum Gasteiger partial charge on any atom is 0.483 e. The van der Waals surface area contributed by atoms with Crippen molar-refractivity contribution in [2.24, 2.45) is 0 Å². The van der Waals surface area contributed by atoms with Crippen molar-refractivity contribution in [2.45, 2.75) is 12.4 Å². The van der Waals surface area contributed by atoms with E-state index in [9.17, 15) is 26.3 Å². The van der Waals surface area contributed by atoms with Crippen molar-refractivity contribution in [1.29, 1.82) is 10.5 Å². The standard InChI is InChI=1S/C6H5I.2C2F3N/c7-6-4-2-1-3-5-6;2*3-2(4,5)1-6/h1-5H;;. The molecule has 104 valence electrons. The minimum absolute atomic E-state index is 0.104. The first-order chi connectivity index (χ1) is 8.52. The Balaban J connectivity index is 0. The van der Waals surface area contributed by atoms with Gasteiger partial charge < -0.3 is 0 Å². The first-order valence-corrected chi connectivity index (χ1v) is 5.26. The Kier molecular flexibility index (Phi) is 9.86. The zero-order chi connectivity index (χ0) is 15.5. The largest absolute Gasteiger partial charge is 0.483 e. The number of rotatable bonds is 0. The molecule has 0 amide bonds. The molecule has 0 bridgehead atoms. The van der Waals surface area contributed by atoms with Gasteiger partial charge in [0.2, 0.25) is 0 Å².